The average molecular weight is 404 g/mol. The van der Waals surface area contributed by atoms with Gasteiger partial charge in [0.25, 0.3) is 5.91 Å². The first-order chi connectivity index (χ1) is 13.4. The Morgan fingerprint density at radius 2 is 2.07 bits per heavy atom. The van der Waals surface area contributed by atoms with E-state index in [1.807, 2.05) is 6.07 Å². The van der Waals surface area contributed by atoms with Gasteiger partial charge >= 0.3 is 0 Å². The maximum Gasteiger partial charge on any atom is 0.256 e. The minimum atomic E-state index is -3.80. The number of amides is 1. The van der Waals surface area contributed by atoms with Crippen molar-refractivity contribution in [3.63, 3.8) is 0 Å². The molecule has 0 unspecified atom stereocenters. The van der Waals surface area contributed by atoms with E-state index in [0.717, 1.165) is 18.4 Å². The molecule has 2 aliphatic rings. The summed E-state index contributed by atoms with van der Waals surface area (Å²) in [6, 6.07) is 10.9. The third kappa shape index (κ3) is 3.88. The minimum Gasteiger partial charge on any atom is -0.368 e. The summed E-state index contributed by atoms with van der Waals surface area (Å²) in [6.07, 6.45) is 1.87. The first kappa shape index (κ1) is 18.9. The molecule has 1 saturated heterocycles. The van der Waals surface area contributed by atoms with E-state index in [-0.39, 0.29) is 11.5 Å². The second-order valence-electron chi connectivity index (χ2n) is 7.04. The Kier molecular flexibility index (Phi) is 5.07. The van der Waals surface area contributed by atoms with Gasteiger partial charge in [0.05, 0.1) is 11.4 Å². The van der Waals surface area contributed by atoms with Crippen molar-refractivity contribution in [3.05, 3.63) is 59.4 Å². The van der Waals surface area contributed by atoms with Crippen LogP contribution >= 0.6 is 0 Å². The topological polar surface area (TPSA) is 75.7 Å². The number of benzene rings is 2. The highest BCUT2D eigenvalue weighted by Gasteiger charge is 2.33. The number of halogens is 1. The lowest BCUT2D eigenvalue weighted by molar-refractivity contribution is -0.127. The van der Waals surface area contributed by atoms with Crippen LogP contribution in [0.15, 0.2) is 42.5 Å². The summed E-state index contributed by atoms with van der Waals surface area (Å²) in [4.78, 5) is 14.4. The van der Waals surface area contributed by atoms with Crippen molar-refractivity contribution in [2.75, 3.05) is 22.8 Å². The molecule has 0 aliphatic carbocycles. The van der Waals surface area contributed by atoms with E-state index < -0.39 is 27.7 Å². The highest BCUT2D eigenvalue weighted by atomic mass is 32.2. The molecular formula is C20H21FN2O4S. The molecule has 1 amide bonds. The lowest BCUT2D eigenvalue weighted by atomic mass is 10.1. The first-order valence-electron chi connectivity index (χ1n) is 9.23. The molecule has 0 radical (unpaired) electrons. The van der Waals surface area contributed by atoms with Gasteiger partial charge in [-0.1, -0.05) is 24.3 Å². The maximum absolute atomic E-state index is 13.8. The van der Waals surface area contributed by atoms with Crippen LogP contribution in [0.25, 0.3) is 0 Å². The summed E-state index contributed by atoms with van der Waals surface area (Å²) < 4.78 is 46.7. The van der Waals surface area contributed by atoms with E-state index in [9.17, 15) is 17.6 Å². The molecule has 1 atom stereocenters. The van der Waals surface area contributed by atoms with Gasteiger partial charge in [0.2, 0.25) is 10.0 Å². The molecule has 2 heterocycles. The van der Waals surface area contributed by atoms with Gasteiger partial charge in [-0.05, 0) is 43.0 Å². The number of ether oxygens (including phenoxy) is 1. The quantitative estimate of drug-likeness (QED) is 0.832. The SMILES string of the molecule is O=C([C@@H]1CCCO1)N1CCc2ccc(NS(=O)(=O)Cc3ccccc3F)cc21. The fourth-order valence-corrected chi connectivity index (χ4v) is 4.86. The Morgan fingerprint density at radius 3 is 2.82 bits per heavy atom. The molecule has 2 aromatic carbocycles. The Bertz CT molecular complexity index is 1000. The van der Waals surface area contributed by atoms with Gasteiger partial charge in [0.1, 0.15) is 11.9 Å². The highest BCUT2D eigenvalue weighted by molar-refractivity contribution is 7.91. The van der Waals surface area contributed by atoms with E-state index >= 15 is 0 Å². The van der Waals surface area contributed by atoms with Crippen LogP contribution in [-0.2, 0) is 31.7 Å². The highest BCUT2D eigenvalue weighted by Crippen LogP contribution is 2.33. The van der Waals surface area contributed by atoms with E-state index in [0.29, 0.717) is 30.9 Å². The van der Waals surface area contributed by atoms with Gasteiger partial charge in [-0.2, -0.15) is 0 Å². The van der Waals surface area contributed by atoms with Crippen LogP contribution in [-0.4, -0.2) is 33.6 Å². The number of rotatable bonds is 5. The van der Waals surface area contributed by atoms with Crippen molar-refractivity contribution in [2.45, 2.75) is 31.1 Å². The smallest absolute Gasteiger partial charge is 0.256 e. The Balaban J connectivity index is 1.53. The molecular weight excluding hydrogens is 383 g/mol. The number of hydrogen-bond acceptors (Lipinski definition) is 4. The molecule has 4 rings (SSSR count). The Hall–Kier alpha value is -2.45. The molecule has 28 heavy (non-hydrogen) atoms. The van der Waals surface area contributed by atoms with Gasteiger partial charge in [-0.3, -0.25) is 9.52 Å². The predicted octanol–water partition coefficient (Wildman–Crippen LogP) is 2.84. The number of fused-ring (bicyclic) bond motifs is 1. The molecule has 0 spiro atoms. The van der Waals surface area contributed by atoms with Crippen LogP contribution in [0, 0.1) is 5.82 Å². The Labute approximate surface area is 163 Å². The van der Waals surface area contributed by atoms with Crippen molar-refractivity contribution < 1.29 is 22.3 Å². The summed E-state index contributed by atoms with van der Waals surface area (Å²) >= 11 is 0. The second-order valence-corrected chi connectivity index (χ2v) is 8.76. The number of nitrogens with one attached hydrogen (secondary N) is 1. The van der Waals surface area contributed by atoms with Crippen LogP contribution in [0.3, 0.4) is 0 Å². The maximum atomic E-state index is 13.8. The molecule has 6 nitrogen and oxygen atoms in total. The number of sulfonamides is 1. The molecule has 0 aromatic heterocycles. The fraction of sp³-hybridized carbons (Fsp3) is 0.350. The Morgan fingerprint density at radius 1 is 1.25 bits per heavy atom. The third-order valence-electron chi connectivity index (χ3n) is 5.03. The molecule has 2 aliphatic heterocycles. The summed E-state index contributed by atoms with van der Waals surface area (Å²) in [5, 5.41) is 0. The number of carbonyl (C=O) groups excluding carboxylic acids is 1. The van der Waals surface area contributed by atoms with Crippen LogP contribution in [0.4, 0.5) is 15.8 Å². The van der Waals surface area contributed by atoms with Gasteiger partial charge < -0.3 is 9.64 Å². The zero-order valence-corrected chi connectivity index (χ0v) is 16.0. The van der Waals surface area contributed by atoms with E-state index in [1.54, 1.807) is 23.1 Å². The van der Waals surface area contributed by atoms with Crippen LogP contribution < -0.4 is 9.62 Å². The fourth-order valence-electron chi connectivity index (χ4n) is 3.65. The van der Waals surface area contributed by atoms with Gasteiger partial charge in [0, 0.05) is 24.4 Å². The van der Waals surface area contributed by atoms with Gasteiger partial charge in [-0.15, -0.1) is 0 Å². The summed E-state index contributed by atoms with van der Waals surface area (Å²) in [5.41, 5.74) is 2.14. The molecule has 0 saturated carbocycles. The second kappa shape index (κ2) is 7.52. The van der Waals surface area contributed by atoms with E-state index in [2.05, 4.69) is 4.72 Å². The molecule has 2 aromatic rings. The standard InChI is InChI=1S/C20H21FN2O4S/c21-17-5-2-1-4-15(17)13-28(25,26)22-16-8-7-14-9-10-23(18(14)12-16)20(24)19-6-3-11-27-19/h1-2,4-5,7-8,12,19,22H,3,6,9-11,13H2/t19-/m0/s1. The number of carbonyl (C=O) groups is 1. The van der Waals surface area contributed by atoms with Gasteiger partial charge in [0.15, 0.2) is 0 Å². The van der Waals surface area contributed by atoms with Crippen LogP contribution in [0.5, 0.6) is 0 Å². The average Bonchev–Trinajstić information content (AvgIpc) is 3.32. The molecule has 1 fully saturated rings. The lowest BCUT2D eigenvalue weighted by Gasteiger charge is -2.21. The number of hydrogen-bond donors (Lipinski definition) is 1. The molecule has 1 N–H and O–H groups in total. The van der Waals surface area contributed by atoms with E-state index in [4.69, 9.17) is 4.74 Å². The van der Waals surface area contributed by atoms with Crippen molar-refractivity contribution in [1.82, 2.24) is 0 Å². The lowest BCUT2D eigenvalue weighted by Crippen LogP contribution is -2.37. The summed E-state index contributed by atoms with van der Waals surface area (Å²) in [6.45, 7) is 1.15. The largest absolute Gasteiger partial charge is 0.368 e. The number of nitrogens with zero attached hydrogens (tertiary/aromatic N) is 1. The number of anilines is 2. The molecule has 148 valence electrons. The van der Waals surface area contributed by atoms with E-state index in [1.165, 1.54) is 18.2 Å². The van der Waals surface area contributed by atoms with Crippen LogP contribution in [0.1, 0.15) is 24.0 Å². The van der Waals surface area contributed by atoms with Crippen molar-refractivity contribution in [1.29, 1.82) is 0 Å². The third-order valence-corrected chi connectivity index (χ3v) is 6.27. The molecule has 8 heteroatoms. The van der Waals surface area contributed by atoms with Crippen molar-refractivity contribution >= 4 is 27.3 Å². The van der Waals surface area contributed by atoms with Crippen LogP contribution in [0.2, 0.25) is 0 Å². The van der Waals surface area contributed by atoms with Crippen molar-refractivity contribution in [2.24, 2.45) is 0 Å². The van der Waals surface area contributed by atoms with Crippen molar-refractivity contribution in [3.8, 4) is 0 Å². The minimum absolute atomic E-state index is 0.0809. The van der Waals surface area contributed by atoms with Gasteiger partial charge in [-0.25, -0.2) is 12.8 Å². The first-order valence-corrected chi connectivity index (χ1v) is 10.9. The normalized spacial score (nSPS) is 18.9. The summed E-state index contributed by atoms with van der Waals surface area (Å²) in [5.74, 6) is -1.10. The zero-order chi connectivity index (χ0) is 19.7. The monoisotopic (exact) mass is 404 g/mol. The summed E-state index contributed by atoms with van der Waals surface area (Å²) in [7, 11) is -3.80. The zero-order valence-electron chi connectivity index (χ0n) is 15.2. The molecule has 0 bridgehead atoms. The predicted molar refractivity (Wildman–Crippen MR) is 104 cm³/mol.